The lowest BCUT2D eigenvalue weighted by Crippen LogP contribution is -2.41. The summed E-state index contributed by atoms with van der Waals surface area (Å²) < 4.78 is 5.18. The zero-order valence-electron chi connectivity index (χ0n) is 13.2. The Bertz CT molecular complexity index is 654. The summed E-state index contributed by atoms with van der Waals surface area (Å²) in [5, 5.41) is 7.30. The number of halogens is 2. The number of benzene rings is 1. The topological polar surface area (TPSA) is 94.0 Å². The molecule has 6 nitrogen and oxygen atoms in total. The zero-order valence-corrected chi connectivity index (χ0v) is 15.6. The van der Waals surface area contributed by atoms with Crippen LogP contribution in [-0.4, -0.2) is 40.6 Å². The Labute approximate surface area is 156 Å². The number of carbonyl (C=O) groups is 1. The van der Waals surface area contributed by atoms with E-state index in [1.165, 1.54) is 0 Å². The molecule has 1 aromatic heterocycles. The van der Waals surface area contributed by atoms with Gasteiger partial charge in [0.2, 0.25) is 17.6 Å². The molecule has 0 aliphatic rings. The Balaban J connectivity index is 0.00000288. The molecule has 132 valence electrons. The van der Waals surface area contributed by atoms with Crippen LogP contribution in [-0.2, 0) is 11.2 Å². The van der Waals surface area contributed by atoms with Gasteiger partial charge in [-0.2, -0.15) is 16.7 Å². The molecular formula is C15H20Cl2N4O2S. The second kappa shape index (κ2) is 10.6. The van der Waals surface area contributed by atoms with Gasteiger partial charge in [-0.1, -0.05) is 28.9 Å². The van der Waals surface area contributed by atoms with Crippen LogP contribution < -0.4 is 11.1 Å². The highest BCUT2D eigenvalue weighted by Crippen LogP contribution is 2.19. The third kappa shape index (κ3) is 6.32. The van der Waals surface area contributed by atoms with Gasteiger partial charge in [0, 0.05) is 23.6 Å². The first-order valence-corrected chi connectivity index (χ1v) is 8.98. The summed E-state index contributed by atoms with van der Waals surface area (Å²) in [6, 6.07) is 6.74. The van der Waals surface area contributed by atoms with E-state index in [2.05, 4.69) is 15.5 Å². The normalized spacial score (nSPS) is 11.6. The number of nitrogens with zero attached hydrogens (tertiary/aromatic N) is 2. The number of nitrogens with two attached hydrogens (primary N) is 1. The Kier molecular flexibility index (Phi) is 9.13. The van der Waals surface area contributed by atoms with E-state index in [1.807, 2.05) is 18.4 Å². The quantitative estimate of drug-likeness (QED) is 0.718. The van der Waals surface area contributed by atoms with Crippen LogP contribution in [0.3, 0.4) is 0 Å². The average Bonchev–Trinajstić information content (AvgIpc) is 3.01. The third-order valence-corrected chi connectivity index (χ3v) is 4.04. The Morgan fingerprint density at radius 3 is 3.00 bits per heavy atom. The highest BCUT2D eigenvalue weighted by Gasteiger charge is 2.13. The molecule has 2 aromatic rings. The number of carbonyl (C=O) groups excluding carboxylic acids is 1. The van der Waals surface area contributed by atoms with E-state index in [0.717, 1.165) is 11.3 Å². The van der Waals surface area contributed by atoms with Crippen LogP contribution in [0.25, 0.3) is 11.4 Å². The lowest BCUT2D eigenvalue weighted by atomic mass is 10.2. The molecule has 2 rings (SSSR count). The summed E-state index contributed by atoms with van der Waals surface area (Å²) in [5.41, 5.74) is 6.58. The summed E-state index contributed by atoms with van der Waals surface area (Å²) in [7, 11) is 0. The molecule has 0 spiro atoms. The van der Waals surface area contributed by atoms with Crippen LogP contribution in [0, 0.1) is 0 Å². The second-order valence-electron chi connectivity index (χ2n) is 4.95. The van der Waals surface area contributed by atoms with Gasteiger partial charge >= 0.3 is 0 Å². The predicted molar refractivity (Wildman–Crippen MR) is 99.7 cm³/mol. The molecule has 0 bridgehead atoms. The molecule has 24 heavy (non-hydrogen) atoms. The standard InChI is InChI=1S/C15H19ClN4O2S.ClH/c1-23-8-6-12(17)15(21)18-7-5-13-19-14(20-22-13)10-3-2-4-11(16)9-10;/h2-4,9,12H,5-8,17H2,1H3,(H,18,21);1H/t12-;/m0./s1. The van der Waals surface area contributed by atoms with Crippen molar-refractivity contribution in [1.29, 1.82) is 0 Å². The largest absolute Gasteiger partial charge is 0.354 e. The van der Waals surface area contributed by atoms with Gasteiger partial charge < -0.3 is 15.6 Å². The van der Waals surface area contributed by atoms with E-state index in [1.54, 1.807) is 23.9 Å². The maximum absolute atomic E-state index is 11.8. The first-order valence-electron chi connectivity index (χ1n) is 7.21. The van der Waals surface area contributed by atoms with Crippen molar-refractivity contribution in [3.63, 3.8) is 0 Å². The molecule has 0 aliphatic heterocycles. The molecule has 0 saturated heterocycles. The Morgan fingerprint density at radius 1 is 1.50 bits per heavy atom. The Hall–Kier alpha value is -1.28. The molecule has 0 radical (unpaired) electrons. The van der Waals surface area contributed by atoms with Crippen LogP contribution in [0.2, 0.25) is 5.02 Å². The number of aromatic nitrogens is 2. The summed E-state index contributed by atoms with van der Waals surface area (Å²) in [6.07, 6.45) is 3.10. The minimum absolute atomic E-state index is 0. The first-order chi connectivity index (χ1) is 11.1. The van der Waals surface area contributed by atoms with Crippen molar-refractivity contribution in [2.45, 2.75) is 18.9 Å². The van der Waals surface area contributed by atoms with Gasteiger partial charge in [-0.15, -0.1) is 12.4 Å². The molecule has 1 amide bonds. The average molecular weight is 391 g/mol. The summed E-state index contributed by atoms with van der Waals surface area (Å²) in [6.45, 7) is 0.406. The molecule has 1 atom stereocenters. The van der Waals surface area contributed by atoms with Gasteiger partial charge in [0.05, 0.1) is 6.04 Å². The molecule has 9 heteroatoms. The molecule has 1 aromatic carbocycles. The van der Waals surface area contributed by atoms with Crippen LogP contribution >= 0.6 is 35.8 Å². The third-order valence-electron chi connectivity index (χ3n) is 3.16. The van der Waals surface area contributed by atoms with Crippen molar-refractivity contribution < 1.29 is 9.32 Å². The summed E-state index contributed by atoms with van der Waals surface area (Å²) >= 11 is 7.61. The van der Waals surface area contributed by atoms with Gasteiger partial charge in [-0.05, 0) is 30.6 Å². The van der Waals surface area contributed by atoms with Crippen LogP contribution in [0.15, 0.2) is 28.8 Å². The lowest BCUT2D eigenvalue weighted by Gasteiger charge is -2.10. The van der Waals surface area contributed by atoms with E-state index in [-0.39, 0.29) is 18.3 Å². The summed E-state index contributed by atoms with van der Waals surface area (Å²) in [5.74, 6) is 1.64. The monoisotopic (exact) mass is 390 g/mol. The molecule has 0 aliphatic carbocycles. The van der Waals surface area contributed by atoms with Crippen molar-refractivity contribution in [1.82, 2.24) is 15.5 Å². The fraction of sp³-hybridized carbons (Fsp3) is 0.400. The number of nitrogens with one attached hydrogen (secondary N) is 1. The van der Waals surface area contributed by atoms with Gasteiger partial charge in [-0.25, -0.2) is 0 Å². The minimum atomic E-state index is -0.479. The fourth-order valence-electron chi connectivity index (χ4n) is 1.90. The van der Waals surface area contributed by atoms with Gasteiger partial charge in [0.25, 0.3) is 0 Å². The molecule has 0 fully saturated rings. The van der Waals surface area contributed by atoms with E-state index in [4.69, 9.17) is 21.9 Å². The maximum Gasteiger partial charge on any atom is 0.236 e. The maximum atomic E-state index is 11.8. The van der Waals surface area contributed by atoms with E-state index < -0.39 is 6.04 Å². The first kappa shape index (κ1) is 20.8. The van der Waals surface area contributed by atoms with Crippen molar-refractivity contribution in [2.24, 2.45) is 5.73 Å². The molecule has 3 N–H and O–H groups in total. The minimum Gasteiger partial charge on any atom is -0.354 e. The molecule has 0 saturated carbocycles. The van der Waals surface area contributed by atoms with Gasteiger partial charge in [0.15, 0.2) is 0 Å². The van der Waals surface area contributed by atoms with Crippen LogP contribution in [0.1, 0.15) is 12.3 Å². The summed E-state index contributed by atoms with van der Waals surface area (Å²) in [4.78, 5) is 16.1. The number of rotatable bonds is 8. The second-order valence-corrected chi connectivity index (χ2v) is 6.37. The SMILES string of the molecule is CSCC[C@H](N)C(=O)NCCc1nc(-c2cccc(Cl)c2)no1.Cl. The molecular weight excluding hydrogens is 371 g/mol. The van der Waals surface area contributed by atoms with Crippen molar-refractivity contribution in [2.75, 3.05) is 18.6 Å². The predicted octanol–water partition coefficient (Wildman–Crippen LogP) is 2.55. The van der Waals surface area contributed by atoms with Gasteiger partial charge in [-0.3, -0.25) is 4.79 Å². The number of hydrogen-bond acceptors (Lipinski definition) is 6. The highest BCUT2D eigenvalue weighted by atomic mass is 35.5. The lowest BCUT2D eigenvalue weighted by molar-refractivity contribution is -0.122. The highest BCUT2D eigenvalue weighted by molar-refractivity contribution is 7.98. The molecule has 0 unspecified atom stereocenters. The van der Waals surface area contributed by atoms with E-state index in [0.29, 0.717) is 36.1 Å². The number of hydrogen-bond donors (Lipinski definition) is 2. The van der Waals surface area contributed by atoms with Crippen molar-refractivity contribution in [3.8, 4) is 11.4 Å². The van der Waals surface area contributed by atoms with Crippen molar-refractivity contribution >= 4 is 41.7 Å². The van der Waals surface area contributed by atoms with E-state index >= 15 is 0 Å². The fourth-order valence-corrected chi connectivity index (χ4v) is 2.58. The smallest absolute Gasteiger partial charge is 0.236 e. The van der Waals surface area contributed by atoms with Gasteiger partial charge in [0.1, 0.15) is 0 Å². The van der Waals surface area contributed by atoms with Crippen LogP contribution in [0.5, 0.6) is 0 Å². The zero-order chi connectivity index (χ0) is 16.7. The van der Waals surface area contributed by atoms with E-state index in [9.17, 15) is 4.79 Å². The van der Waals surface area contributed by atoms with Crippen LogP contribution in [0.4, 0.5) is 0 Å². The Morgan fingerprint density at radius 2 is 2.29 bits per heavy atom. The number of thioether (sulfide) groups is 1. The number of amides is 1. The van der Waals surface area contributed by atoms with Crippen molar-refractivity contribution in [3.05, 3.63) is 35.2 Å². The molecule has 1 heterocycles.